The van der Waals surface area contributed by atoms with Crippen LogP contribution in [0.15, 0.2) is 95.3 Å². The van der Waals surface area contributed by atoms with Gasteiger partial charge in [0, 0.05) is 17.1 Å². The maximum atomic E-state index is 13.8. The fourth-order valence-corrected chi connectivity index (χ4v) is 5.25. The van der Waals surface area contributed by atoms with Gasteiger partial charge in [-0.3, -0.25) is 4.79 Å². The molecule has 0 aliphatic carbocycles. The molecule has 2 heterocycles. The summed E-state index contributed by atoms with van der Waals surface area (Å²) < 4.78 is 7.78. The Kier molecular flexibility index (Phi) is 7.51. The predicted octanol–water partition coefficient (Wildman–Crippen LogP) is 6.59. The third-order valence-electron chi connectivity index (χ3n) is 6.11. The summed E-state index contributed by atoms with van der Waals surface area (Å²) >= 11 is 1.56. The molecule has 1 aliphatic heterocycles. The lowest BCUT2D eigenvalue weighted by molar-refractivity contribution is -0.113. The molecule has 0 fully saturated rings. The quantitative estimate of drug-likeness (QED) is 0.253. The van der Waals surface area contributed by atoms with Gasteiger partial charge in [0.15, 0.2) is 0 Å². The van der Waals surface area contributed by atoms with Crippen molar-refractivity contribution in [1.82, 2.24) is 14.8 Å². The number of aryl methyl sites for hydroxylation is 1. The van der Waals surface area contributed by atoms with E-state index >= 15 is 0 Å². The van der Waals surface area contributed by atoms with Crippen LogP contribution in [-0.2, 0) is 10.5 Å². The number of nitrogens with one attached hydrogen (secondary N) is 2. The molecule has 1 unspecified atom stereocenters. The van der Waals surface area contributed by atoms with Crippen LogP contribution < -0.4 is 15.4 Å². The molecule has 1 aromatic heterocycles. The maximum Gasteiger partial charge on any atom is 0.255 e. The number of hydrogen-bond donors (Lipinski definition) is 2. The third kappa shape index (κ3) is 5.75. The molecule has 38 heavy (non-hydrogen) atoms. The molecule has 5 rings (SSSR count). The number of rotatable bonds is 8. The van der Waals surface area contributed by atoms with Crippen LogP contribution in [0.25, 0.3) is 0 Å². The number of carbonyl (C=O) groups is 1. The summed E-state index contributed by atoms with van der Waals surface area (Å²) in [5, 5.41) is 11.9. The van der Waals surface area contributed by atoms with E-state index in [1.165, 1.54) is 5.56 Å². The van der Waals surface area contributed by atoms with E-state index in [1.807, 2.05) is 94.4 Å². The summed E-state index contributed by atoms with van der Waals surface area (Å²) in [7, 11) is 0. The fourth-order valence-electron chi connectivity index (χ4n) is 4.47. The third-order valence-corrected chi connectivity index (χ3v) is 7.02. The van der Waals surface area contributed by atoms with Gasteiger partial charge in [0.25, 0.3) is 5.91 Å². The summed E-state index contributed by atoms with van der Waals surface area (Å²) in [5.41, 5.74) is 5.21. The lowest BCUT2D eigenvalue weighted by Gasteiger charge is -2.29. The van der Waals surface area contributed by atoms with Crippen LogP contribution in [0.2, 0.25) is 0 Å². The highest BCUT2D eigenvalue weighted by atomic mass is 32.2. The van der Waals surface area contributed by atoms with Gasteiger partial charge in [-0.1, -0.05) is 66.4 Å². The minimum Gasteiger partial charge on any atom is -0.491 e. The van der Waals surface area contributed by atoms with Crippen molar-refractivity contribution in [2.45, 2.75) is 50.8 Å². The molecular formula is C30H31N5O2S. The summed E-state index contributed by atoms with van der Waals surface area (Å²) in [6, 6.07) is 25.4. The SMILES string of the molecule is CC1=C(C(=O)Nc2cccc(C)c2)C(c2cccc(OC(C)C)c2)n2nc(SCc3ccccc3)nc2N1. The molecule has 0 bridgehead atoms. The second-order valence-electron chi connectivity index (χ2n) is 9.57. The lowest BCUT2D eigenvalue weighted by atomic mass is 9.94. The molecule has 7 nitrogen and oxygen atoms in total. The van der Waals surface area contributed by atoms with Crippen molar-refractivity contribution in [3.05, 3.63) is 107 Å². The second kappa shape index (κ2) is 11.1. The average Bonchev–Trinajstić information content (AvgIpc) is 3.29. The van der Waals surface area contributed by atoms with Crippen LogP contribution in [0.4, 0.5) is 11.6 Å². The van der Waals surface area contributed by atoms with E-state index < -0.39 is 6.04 Å². The van der Waals surface area contributed by atoms with Gasteiger partial charge >= 0.3 is 0 Å². The number of aromatic nitrogens is 3. The van der Waals surface area contributed by atoms with Crippen molar-refractivity contribution in [2.24, 2.45) is 0 Å². The highest BCUT2D eigenvalue weighted by Gasteiger charge is 2.34. The van der Waals surface area contributed by atoms with E-state index in [1.54, 1.807) is 16.4 Å². The Morgan fingerprint density at radius 3 is 2.61 bits per heavy atom. The summed E-state index contributed by atoms with van der Waals surface area (Å²) in [5.74, 6) is 1.90. The number of nitrogens with zero attached hydrogens (tertiary/aromatic N) is 3. The first-order valence-corrected chi connectivity index (χ1v) is 13.6. The largest absolute Gasteiger partial charge is 0.491 e. The molecule has 8 heteroatoms. The molecule has 0 saturated carbocycles. The number of amides is 1. The minimum absolute atomic E-state index is 0.0301. The second-order valence-corrected chi connectivity index (χ2v) is 10.5. The fraction of sp³-hybridized carbons (Fsp3) is 0.233. The predicted molar refractivity (Wildman–Crippen MR) is 153 cm³/mol. The van der Waals surface area contributed by atoms with Crippen LogP contribution in [0.3, 0.4) is 0 Å². The van der Waals surface area contributed by atoms with Crippen molar-refractivity contribution in [3.63, 3.8) is 0 Å². The van der Waals surface area contributed by atoms with E-state index in [0.717, 1.165) is 34.0 Å². The molecule has 4 aromatic rings. The first kappa shape index (κ1) is 25.6. The van der Waals surface area contributed by atoms with Crippen LogP contribution in [0, 0.1) is 6.92 Å². The maximum absolute atomic E-state index is 13.8. The van der Waals surface area contributed by atoms with Crippen LogP contribution >= 0.6 is 11.8 Å². The number of fused-ring (bicyclic) bond motifs is 1. The van der Waals surface area contributed by atoms with Crippen molar-refractivity contribution >= 4 is 29.3 Å². The van der Waals surface area contributed by atoms with Crippen LogP contribution in [0.5, 0.6) is 5.75 Å². The number of benzene rings is 3. The van der Waals surface area contributed by atoms with Crippen molar-refractivity contribution in [3.8, 4) is 5.75 Å². The Morgan fingerprint density at radius 2 is 1.84 bits per heavy atom. The molecule has 0 saturated heterocycles. The van der Waals surface area contributed by atoms with E-state index in [4.69, 9.17) is 14.8 Å². The molecule has 1 amide bonds. The molecule has 1 atom stereocenters. The van der Waals surface area contributed by atoms with E-state index in [9.17, 15) is 4.79 Å². The minimum atomic E-state index is -0.481. The number of thioether (sulfide) groups is 1. The average molecular weight is 526 g/mol. The highest BCUT2D eigenvalue weighted by Crippen LogP contribution is 2.38. The first-order chi connectivity index (χ1) is 18.4. The van der Waals surface area contributed by atoms with Gasteiger partial charge in [-0.2, -0.15) is 4.98 Å². The number of anilines is 2. The van der Waals surface area contributed by atoms with Crippen molar-refractivity contribution in [1.29, 1.82) is 0 Å². The summed E-state index contributed by atoms with van der Waals surface area (Å²) in [6.45, 7) is 7.89. The Bertz CT molecular complexity index is 1480. The van der Waals surface area contributed by atoms with E-state index in [0.29, 0.717) is 16.7 Å². The highest BCUT2D eigenvalue weighted by molar-refractivity contribution is 7.98. The zero-order valence-electron chi connectivity index (χ0n) is 21.9. The monoisotopic (exact) mass is 525 g/mol. The van der Waals surface area contributed by atoms with Crippen molar-refractivity contribution in [2.75, 3.05) is 10.6 Å². The molecule has 1 aliphatic rings. The van der Waals surface area contributed by atoms with Gasteiger partial charge in [-0.05, 0) is 68.7 Å². The zero-order chi connectivity index (χ0) is 26.6. The van der Waals surface area contributed by atoms with Gasteiger partial charge in [0.1, 0.15) is 11.8 Å². The first-order valence-electron chi connectivity index (χ1n) is 12.6. The van der Waals surface area contributed by atoms with E-state index in [-0.39, 0.29) is 12.0 Å². The van der Waals surface area contributed by atoms with Crippen molar-refractivity contribution < 1.29 is 9.53 Å². The number of hydrogen-bond acceptors (Lipinski definition) is 6. The van der Waals surface area contributed by atoms with Crippen LogP contribution in [-0.4, -0.2) is 26.8 Å². The van der Waals surface area contributed by atoms with Gasteiger partial charge in [0.05, 0.1) is 11.7 Å². The van der Waals surface area contributed by atoms with Gasteiger partial charge in [0.2, 0.25) is 11.1 Å². The zero-order valence-corrected chi connectivity index (χ0v) is 22.8. The molecule has 0 radical (unpaired) electrons. The Morgan fingerprint density at radius 1 is 1.05 bits per heavy atom. The van der Waals surface area contributed by atoms with Gasteiger partial charge in [-0.25, -0.2) is 4.68 Å². The standard InChI is InChI=1S/C30H31N5O2S/c1-19(2)37-25-15-9-13-23(17-25)27-26(28(36)32-24-14-8-10-20(3)16-24)21(4)31-29-33-30(34-35(27)29)38-18-22-11-6-5-7-12-22/h5-17,19,27H,18H2,1-4H3,(H,32,36)(H,31,33,34). The van der Waals surface area contributed by atoms with Gasteiger partial charge < -0.3 is 15.4 Å². The molecule has 3 aromatic carbocycles. The lowest BCUT2D eigenvalue weighted by Crippen LogP contribution is -2.31. The summed E-state index contributed by atoms with van der Waals surface area (Å²) in [6.07, 6.45) is 0.0301. The Hall–Kier alpha value is -4.04. The summed E-state index contributed by atoms with van der Waals surface area (Å²) in [4.78, 5) is 18.5. The molecule has 2 N–H and O–H groups in total. The topological polar surface area (TPSA) is 81.1 Å². The molecular weight excluding hydrogens is 494 g/mol. The molecule has 194 valence electrons. The normalized spacial score (nSPS) is 14.7. The molecule has 0 spiro atoms. The number of allylic oxidation sites excluding steroid dienone is 1. The number of ether oxygens (including phenoxy) is 1. The Labute approximate surface area is 227 Å². The van der Waals surface area contributed by atoms with E-state index in [2.05, 4.69) is 22.8 Å². The van der Waals surface area contributed by atoms with Crippen LogP contribution in [0.1, 0.15) is 43.5 Å². The van der Waals surface area contributed by atoms with Gasteiger partial charge in [-0.15, -0.1) is 5.10 Å². The number of carbonyl (C=O) groups excluding carboxylic acids is 1. The smallest absolute Gasteiger partial charge is 0.255 e. The Balaban J connectivity index is 1.52.